The smallest absolute Gasteiger partial charge is 0.250 e. The Labute approximate surface area is 83.8 Å². The van der Waals surface area contributed by atoms with E-state index in [4.69, 9.17) is 0 Å². The lowest BCUT2D eigenvalue weighted by molar-refractivity contribution is 0.477. The average Bonchev–Trinajstić information content (AvgIpc) is 2.23. The monoisotopic (exact) mass is 192 g/mol. The van der Waals surface area contributed by atoms with E-state index in [2.05, 4.69) is 5.32 Å². The summed E-state index contributed by atoms with van der Waals surface area (Å²) in [5.41, 5.74) is 2.59. The summed E-state index contributed by atoms with van der Waals surface area (Å²) >= 11 is 0. The van der Waals surface area contributed by atoms with Crippen molar-refractivity contribution in [3.8, 4) is 0 Å². The lowest BCUT2D eigenvalue weighted by Gasteiger charge is -2.26. The molecule has 1 aliphatic carbocycles. The van der Waals surface area contributed by atoms with E-state index in [0.29, 0.717) is 6.04 Å². The highest BCUT2D eigenvalue weighted by molar-refractivity contribution is 5.27. The van der Waals surface area contributed by atoms with Gasteiger partial charge in [0.25, 0.3) is 0 Å². The summed E-state index contributed by atoms with van der Waals surface area (Å²) in [5, 5.41) is 3.29. The third-order valence-corrected chi connectivity index (χ3v) is 3.10. The predicted molar refractivity (Wildman–Crippen MR) is 56.4 cm³/mol. The van der Waals surface area contributed by atoms with E-state index in [1.54, 1.807) is 10.6 Å². The van der Waals surface area contributed by atoms with Gasteiger partial charge in [0.2, 0.25) is 5.56 Å². The van der Waals surface area contributed by atoms with Gasteiger partial charge in [0, 0.05) is 24.8 Å². The number of hydrogen-bond donors (Lipinski definition) is 1. The third-order valence-electron chi connectivity index (χ3n) is 3.10. The van der Waals surface area contributed by atoms with Crippen LogP contribution in [0.5, 0.6) is 0 Å². The molecule has 76 valence electrons. The number of rotatable bonds is 1. The highest BCUT2D eigenvalue weighted by Crippen LogP contribution is 2.27. The van der Waals surface area contributed by atoms with Gasteiger partial charge in [0.1, 0.15) is 0 Å². The van der Waals surface area contributed by atoms with Crippen molar-refractivity contribution < 1.29 is 0 Å². The highest BCUT2D eigenvalue weighted by atomic mass is 16.1. The van der Waals surface area contributed by atoms with E-state index in [-0.39, 0.29) is 5.56 Å². The molecule has 1 unspecified atom stereocenters. The van der Waals surface area contributed by atoms with Crippen molar-refractivity contribution in [3.05, 3.63) is 33.7 Å². The Kier molecular flexibility index (Phi) is 2.42. The molecule has 3 heteroatoms. The van der Waals surface area contributed by atoms with E-state index >= 15 is 0 Å². The van der Waals surface area contributed by atoms with E-state index in [0.717, 1.165) is 12.8 Å². The zero-order chi connectivity index (χ0) is 10.1. The summed E-state index contributed by atoms with van der Waals surface area (Å²) in [6.45, 7) is 0. The molecule has 0 aromatic carbocycles. The van der Waals surface area contributed by atoms with Crippen LogP contribution in [0.2, 0.25) is 0 Å². The Morgan fingerprint density at radius 3 is 3.00 bits per heavy atom. The zero-order valence-electron chi connectivity index (χ0n) is 8.71. The molecule has 0 bridgehead atoms. The van der Waals surface area contributed by atoms with Crippen LogP contribution in [0.15, 0.2) is 16.9 Å². The van der Waals surface area contributed by atoms with Crippen LogP contribution in [-0.4, -0.2) is 11.6 Å². The first kappa shape index (κ1) is 9.46. The molecule has 1 atom stereocenters. The first-order valence-corrected chi connectivity index (χ1v) is 5.10. The standard InChI is InChI=1S/C11H16N2O/c1-12-9-4-3-5-10-8(9)6-7-11(14)13(10)2/h6-7,9,12H,3-5H2,1-2H3. The maximum Gasteiger partial charge on any atom is 0.250 e. The second-order valence-corrected chi connectivity index (χ2v) is 3.87. The molecule has 0 radical (unpaired) electrons. The quantitative estimate of drug-likeness (QED) is 0.719. The average molecular weight is 192 g/mol. The topological polar surface area (TPSA) is 34.0 Å². The third kappa shape index (κ3) is 1.38. The summed E-state index contributed by atoms with van der Waals surface area (Å²) in [4.78, 5) is 11.4. The number of aromatic nitrogens is 1. The fraction of sp³-hybridized carbons (Fsp3) is 0.545. The predicted octanol–water partition coefficient (Wildman–Crippen LogP) is 0.982. The number of hydrogen-bond acceptors (Lipinski definition) is 2. The van der Waals surface area contributed by atoms with Crippen LogP contribution in [-0.2, 0) is 13.5 Å². The molecule has 14 heavy (non-hydrogen) atoms. The van der Waals surface area contributed by atoms with E-state index < -0.39 is 0 Å². The molecule has 0 saturated heterocycles. The summed E-state index contributed by atoms with van der Waals surface area (Å²) < 4.78 is 1.78. The van der Waals surface area contributed by atoms with Gasteiger partial charge in [-0.15, -0.1) is 0 Å². The van der Waals surface area contributed by atoms with Crippen molar-refractivity contribution in [1.29, 1.82) is 0 Å². The van der Waals surface area contributed by atoms with Crippen molar-refractivity contribution in [3.63, 3.8) is 0 Å². The second-order valence-electron chi connectivity index (χ2n) is 3.87. The van der Waals surface area contributed by atoms with Gasteiger partial charge < -0.3 is 9.88 Å². The normalized spacial score (nSPS) is 20.6. The van der Waals surface area contributed by atoms with Crippen LogP contribution in [0.3, 0.4) is 0 Å². The van der Waals surface area contributed by atoms with Crippen LogP contribution in [0, 0.1) is 0 Å². The van der Waals surface area contributed by atoms with E-state index in [9.17, 15) is 4.79 Å². The van der Waals surface area contributed by atoms with Crippen LogP contribution in [0.25, 0.3) is 0 Å². The van der Waals surface area contributed by atoms with E-state index in [1.165, 1.54) is 17.7 Å². The molecule has 0 aliphatic heterocycles. The van der Waals surface area contributed by atoms with Crippen molar-refractivity contribution >= 4 is 0 Å². The van der Waals surface area contributed by atoms with Gasteiger partial charge >= 0.3 is 0 Å². The van der Waals surface area contributed by atoms with Gasteiger partial charge in [0.05, 0.1) is 0 Å². The molecule has 0 saturated carbocycles. The summed E-state index contributed by atoms with van der Waals surface area (Å²) in [6, 6.07) is 4.05. The Balaban J connectivity index is 2.56. The minimum Gasteiger partial charge on any atom is -0.315 e. The molecule has 1 aromatic heterocycles. The molecule has 1 aliphatic rings. The minimum atomic E-state index is 0.0977. The molecular formula is C11H16N2O. The summed E-state index contributed by atoms with van der Waals surface area (Å²) in [5.74, 6) is 0. The Morgan fingerprint density at radius 1 is 1.50 bits per heavy atom. The number of fused-ring (bicyclic) bond motifs is 1. The first-order valence-electron chi connectivity index (χ1n) is 5.10. The number of nitrogens with one attached hydrogen (secondary N) is 1. The zero-order valence-corrected chi connectivity index (χ0v) is 8.71. The summed E-state index contributed by atoms with van der Waals surface area (Å²) in [7, 11) is 3.84. The number of nitrogens with zero attached hydrogens (tertiary/aromatic N) is 1. The molecule has 1 aromatic rings. The summed E-state index contributed by atoms with van der Waals surface area (Å²) in [6.07, 6.45) is 3.36. The fourth-order valence-electron chi connectivity index (χ4n) is 2.25. The fourth-order valence-corrected chi connectivity index (χ4v) is 2.25. The lowest BCUT2D eigenvalue weighted by atomic mass is 9.91. The van der Waals surface area contributed by atoms with Crippen molar-refractivity contribution in [2.24, 2.45) is 7.05 Å². The highest BCUT2D eigenvalue weighted by Gasteiger charge is 2.20. The molecule has 0 amide bonds. The van der Waals surface area contributed by atoms with Gasteiger partial charge in [-0.05, 0) is 31.9 Å². The van der Waals surface area contributed by atoms with Gasteiger partial charge in [-0.3, -0.25) is 4.79 Å². The molecule has 1 heterocycles. The first-order chi connectivity index (χ1) is 6.74. The maximum absolute atomic E-state index is 11.4. The molecular weight excluding hydrogens is 176 g/mol. The maximum atomic E-state index is 11.4. The Bertz CT molecular complexity index is 395. The Hall–Kier alpha value is -1.09. The molecule has 3 nitrogen and oxygen atoms in total. The van der Waals surface area contributed by atoms with E-state index in [1.807, 2.05) is 20.2 Å². The minimum absolute atomic E-state index is 0.0977. The Morgan fingerprint density at radius 2 is 2.29 bits per heavy atom. The van der Waals surface area contributed by atoms with Crippen LogP contribution in [0.4, 0.5) is 0 Å². The molecule has 0 spiro atoms. The largest absolute Gasteiger partial charge is 0.315 e. The molecule has 0 fully saturated rings. The second kappa shape index (κ2) is 3.58. The van der Waals surface area contributed by atoms with Gasteiger partial charge in [-0.2, -0.15) is 0 Å². The van der Waals surface area contributed by atoms with Crippen molar-refractivity contribution in [2.75, 3.05) is 7.05 Å². The van der Waals surface area contributed by atoms with Crippen LogP contribution in [0.1, 0.15) is 30.1 Å². The molecule has 2 rings (SSSR count). The van der Waals surface area contributed by atoms with Crippen LogP contribution >= 0.6 is 0 Å². The van der Waals surface area contributed by atoms with Gasteiger partial charge in [-0.25, -0.2) is 0 Å². The van der Waals surface area contributed by atoms with Gasteiger partial charge in [-0.1, -0.05) is 6.07 Å². The molecule has 1 N–H and O–H groups in total. The van der Waals surface area contributed by atoms with Crippen molar-refractivity contribution in [1.82, 2.24) is 9.88 Å². The lowest BCUT2D eigenvalue weighted by Crippen LogP contribution is -2.28. The van der Waals surface area contributed by atoms with Crippen LogP contribution < -0.4 is 10.9 Å². The number of pyridine rings is 1. The van der Waals surface area contributed by atoms with Gasteiger partial charge in [0.15, 0.2) is 0 Å². The van der Waals surface area contributed by atoms with Crippen molar-refractivity contribution in [2.45, 2.75) is 25.3 Å². The SMILES string of the molecule is CNC1CCCc2c1ccc(=O)n2C.